The summed E-state index contributed by atoms with van der Waals surface area (Å²) in [5, 5.41) is 0. The van der Waals surface area contributed by atoms with Crippen LogP contribution in [-0.2, 0) is 16.6 Å². The molecular formula is C17H21FN2O2S. The Morgan fingerprint density at radius 2 is 1.74 bits per heavy atom. The molecule has 0 saturated heterocycles. The molecule has 2 aromatic carbocycles. The van der Waals surface area contributed by atoms with Gasteiger partial charge in [0.15, 0.2) is 0 Å². The number of benzene rings is 2. The first-order valence-corrected chi connectivity index (χ1v) is 8.64. The number of anilines is 1. The standard InChI is InChI=1S/C17H21FN2O2S/c1-13-8-9-15(18)11-17(13)23(21,22)20(4)12-14-6-5-7-16(10-14)19(2)3/h5-11H,12H2,1-4H3. The number of aryl methyl sites for hydroxylation is 1. The van der Waals surface area contributed by atoms with E-state index in [4.69, 9.17) is 0 Å². The van der Waals surface area contributed by atoms with E-state index in [2.05, 4.69) is 0 Å². The van der Waals surface area contributed by atoms with Gasteiger partial charge in [0.1, 0.15) is 5.82 Å². The van der Waals surface area contributed by atoms with Crippen LogP contribution in [0.3, 0.4) is 0 Å². The highest BCUT2D eigenvalue weighted by Gasteiger charge is 2.23. The van der Waals surface area contributed by atoms with Crippen molar-refractivity contribution in [1.82, 2.24) is 4.31 Å². The first-order chi connectivity index (χ1) is 10.7. The van der Waals surface area contributed by atoms with Crippen molar-refractivity contribution >= 4 is 15.7 Å². The van der Waals surface area contributed by atoms with Gasteiger partial charge >= 0.3 is 0 Å². The molecule has 2 aromatic rings. The Morgan fingerprint density at radius 1 is 1.04 bits per heavy atom. The summed E-state index contributed by atoms with van der Waals surface area (Å²) >= 11 is 0. The van der Waals surface area contributed by atoms with Gasteiger partial charge in [-0.05, 0) is 42.3 Å². The molecule has 2 rings (SSSR count). The fourth-order valence-corrected chi connectivity index (χ4v) is 3.69. The summed E-state index contributed by atoms with van der Waals surface area (Å²) in [6, 6.07) is 11.4. The number of sulfonamides is 1. The second-order valence-corrected chi connectivity index (χ2v) is 7.75. The van der Waals surface area contributed by atoms with Crippen LogP contribution in [0.4, 0.5) is 10.1 Å². The summed E-state index contributed by atoms with van der Waals surface area (Å²) in [5.41, 5.74) is 2.40. The lowest BCUT2D eigenvalue weighted by atomic mass is 10.2. The van der Waals surface area contributed by atoms with Gasteiger partial charge in [0.25, 0.3) is 0 Å². The maximum Gasteiger partial charge on any atom is 0.243 e. The van der Waals surface area contributed by atoms with Gasteiger partial charge in [-0.3, -0.25) is 0 Å². The molecule has 0 fully saturated rings. The lowest BCUT2D eigenvalue weighted by molar-refractivity contribution is 0.465. The minimum atomic E-state index is -3.74. The third-order valence-corrected chi connectivity index (χ3v) is 5.62. The number of hydrogen-bond acceptors (Lipinski definition) is 3. The predicted molar refractivity (Wildman–Crippen MR) is 90.6 cm³/mol. The Hall–Kier alpha value is -1.92. The van der Waals surface area contributed by atoms with E-state index in [0.717, 1.165) is 17.3 Å². The Labute approximate surface area is 137 Å². The average molecular weight is 336 g/mol. The van der Waals surface area contributed by atoms with E-state index < -0.39 is 15.8 Å². The lowest BCUT2D eigenvalue weighted by Gasteiger charge is -2.20. The van der Waals surface area contributed by atoms with Crippen LogP contribution < -0.4 is 4.90 Å². The van der Waals surface area contributed by atoms with Crippen molar-refractivity contribution in [2.24, 2.45) is 0 Å². The van der Waals surface area contributed by atoms with E-state index in [1.165, 1.54) is 23.5 Å². The van der Waals surface area contributed by atoms with Crippen molar-refractivity contribution in [2.45, 2.75) is 18.4 Å². The van der Waals surface area contributed by atoms with Crippen molar-refractivity contribution in [3.8, 4) is 0 Å². The van der Waals surface area contributed by atoms with Gasteiger partial charge in [0.2, 0.25) is 10.0 Å². The lowest BCUT2D eigenvalue weighted by Crippen LogP contribution is -2.27. The average Bonchev–Trinajstić information content (AvgIpc) is 2.49. The second kappa shape index (κ2) is 6.68. The van der Waals surface area contributed by atoms with Crippen LogP contribution in [0.5, 0.6) is 0 Å². The molecule has 23 heavy (non-hydrogen) atoms. The van der Waals surface area contributed by atoms with E-state index >= 15 is 0 Å². The van der Waals surface area contributed by atoms with Crippen LogP contribution in [0.2, 0.25) is 0 Å². The zero-order valence-corrected chi connectivity index (χ0v) is 14.6. The summed E-state index contributed by atoms with van der Waals surface area (Å²) in [6.45, 7) is 1.88. The summed E-state index contributed by atoms with van der Waals surface area (Å²) in [7, 11) is 1.61. The smallest absolute Gasteiger partial charge is 0.243 e. The van der Waals surface area contributed by atoms with Crippen molar-refractivity contribution in [3.63, 3.8) is 0 Å². The third-order valence-electron chi connectivity index (χ3n) is 3.67. The molecular weight excluding hydrogens is 315 g/mol. The highest BCUT2D eigenvalue weighted by molar-refractivity contribution is 7.89. The van der Waals surface area contributed by atoms with E-state index in [9.17, 15) is 12.8 Å². The topological polar surface area (TPSA) is 40.6 Å². The summed E-state index contributed by atoms with van der Waals surface area (Å²) in [4.78, 5) is 1.96. The maximum atomic E-state index is 13.4. The van der Waals surface area contributed by atoms with E-state index in [1.54, 1.807) is 6.92 Å². The minimum Gasteiger partial charge on any atom is -0.378 e. The summed E-state index contributed by atoms with van der Waals surface area (Å²) < 4.78 is 40.0. The van der Waals surface area contributed by atoms with Gasteiger partial charge < -0.3 is 4.90 Å². The molecule has 0 atom stereocenters. The Kier molecular flexibility index (Phi) is 5.06. The molecule has 0 spiro atoms. The largest absolute Gasteiger partial charge is 0.378 e. The molecule has 0 aromatic heterocycles. The number of hydrogen-bond donors (Lipinski definition) is 0. The quantitative estimate of drug-likeness (QED) is 0.843. The molecule has 0 aliphatic heterocycles. The Morgan fingerprint density at radius 3 is 2.39 bits per heavy atom. The summed E-state index contributed by atoms with van der Waals surface area (Å²) in [5.74, 6) is -0.558. The van der Waals surface area contributed by atoms with Crippen molar-refractivity contribution < 1.29 is 12.8 Å². The number of halogens is 1. The van der Waals surface area contributed by atoms with Crippen molar-refractivity contribution in [1.29, 1.82) is 0 Å². The Bertz CT molecular complexity index is 804. The molecule has 0 radical (unpaired) electrons. The van der Waals surface area contributed by atoms with Crippen LogP contribution in [0, 0.1) is 12.7 Å². The fourth-order valence-electron chi connectivity index (χ4n) is 2.29. The molecule has 4 nitrogen and oxygen atoms in total. The number of nitrogens with zero attached hydrogens (tertiary/aromatic N) is 2. The minimum absolute atomic E-state index is 0.00349. The van der Waals surface area contributed by atoms with Gasteiger partial charge in [0.05, 0.1) is 4.90 Å². The summed E-state index contributed by atoms with van der Waals surface area (Å²) in [6.07, 6.45) is 0. The highest BCUT2D eigenvalue weighted by Crippen LogP contribution is 2.22. The molecule has 0 heterocycles. The normalized spacial score (nSPS) is 11.7. The third kappa shape index (κ3) is 3.89. The molecule has 6 heteroatoms. The SMILES string of the molecule is Cc1ccc(F)cc1S(=O)(=O)N(C)Cc1cccc(N(C)C)c1. The molecule has 0 saturated carbocycles. The molecule has 0 unspecified atom stereocenters. The first kappa shape index (κ1) is 17.4. The molecule has 0 aliphatic rings. The first-order valence-electron chi connectivity index (χ1n) is 7.20. The van der Waals surface area contributed by atoms with Crippen LogP contribution in [0.15, 0.2) is 47.4 Å². The van der Waals surface area contributed by atoms with Crippen LogP contribution in [-0.4, -0.2) is 33.9 Å². The van der Waals surface area contributed by atoms with Crippen LogP contribution in [0.1, 0.15) is 11.1 Å². The van der Waals surface area contributed by atoms with Gasteiger partial charge in [-0.1, -0.05) is 18.2 Å². The zero-order valence-electron chi connectivity index (χ0n) is 13.7. The van der Waals surface area contributed by atoms with Gasteiger partial charge in [-0.15, -0.1) is 0 Å². The highest BCUT2D eigenvalue weighted by atomic mass is 32.2. The predicted octanol–water partition coefficient (Wildman–Crippen LogP) is 3.02. The fraction of sp³-hybridized carbons (Fsp3) is 0.294. The van der Waals surface area contributed by atoms with Crippen LogP contribution >= 0.6 is 0 Å². The van der Waals surface area contributed by atoms with Gasteiger partial charge in [-0.2, -0.15) is 4.31 Å². The molecule has 0 bridgehead atoms. The van der Waals surface area contributed by atoms with Crippen molar-refractivity contribution in [2.75, 3.05) is 26.0 Å². The second-order valence-electron chi connectivity index (χ2n) is 5.74. The monoisotopic (exact) mass is 336 g/mol. The van der Waals surface area contributed by atoms with Crippen molar-refractivity contribution in [3.05, 3.63) is 59.4 Å². The molecule has 0 aliphatic carbocycles. The van der Waals surface area contributed by atoms with Crippen LogP contribution in [0.25, 0.3) is 0 Å². The van der Waals surface area contributed by atoms with E-state index in [0.29, 0.717) is 5.56 Å². The molecule has 124 valence electrons. The molecule has 0 amide bonds. The molecule has 0 N–H and O–H groups in total. The zero-order chi connectivity index (χ0) is 17.2. The Balaban J connectivity index is 2.30. The van der Waals surface area contributed by atoms with E-state index in [1.807, 2.05) is 43.3 Å². The van der Waals surface area contributed by atoms with E-state index in [-0.39, 0.29) is 11.4 Å². The van der Waals surface area contributed by atoms with Gasteiger partial charge in [0, 0.05) is 33.4 Å². The number of rotatable bonds is 5. The van der Waals surface area contributed by atoms with Gasteiger partial charge in [-0.25, -0.2) is 12.8 Å². The maximum absolute atomic E-state index is 13.4.